The van der Waals surface area contributed by atoms with Gasteiger partial charge in [-0.2, -0.15) is 0 Å². The molecule has 0 bridgehead atoms. The molecule has 1 aromatic rings. The maximum Gasteiger partial charge on any atom is 0.152 e. The van der Waals surface area contributed by atoms with E-state index < -0.39 is 0 Å². The van der Waals surface area contributed by atoms with Gasteiger partial charge in [-0.05, 0) is 43.2 Å². The van der Waals surface area contributed by atoms with Crippen molar-refractivity contribution in [2.24, 2.45) is 5.92 Å². The number of allylic oxidation sites excluding steroid dienone is 2. The van der Waals surface area contributed by atoms with Crippen molar-refractivity contribution in [1.82, 2.24) is 0 Å². The summed E-state index contributed by atoms with van der Waals surface area (Å²) in [5.41, 5.74) is 0. The first-order valence-electron chi connectivity index (χ1n) is 5.15. The molecule has 0 amide bonds. The zero-order valence-electron chi connectivity index (χ0n) is 9.44. The van der Waals surface area contributed by atoms with Crippen LogP contribution in [0.15, 0.2) is 41.3 Å². The molecule has 3 heteroatoms. The van der Waals surface area contributed by atoms with Crippen molar-refractivity contribution >= 4 is 17.5 Å². The van der Waals surface area contributed by atoms with Crippen LogP contribution in [0.25, 0.3) is 0 Å². The minimum atomic E-state index is -0.214. The van der Waals surface area contributed by atoms with Crippen molar-refractivity contribution in [2.45, 2.75) is 18.7 Å². The molecule has 0 heterocycles. The number of benzene rings is 1. The van der Waals surface area contributed by atoms with E-state index in [1.807, 2.05) is 6.08 Å². The second-order valence-electron chi connectivity index (χ2n) is 3.71. The minimum absolute atomic E-state index is 0.0682. The van der Waals surface area contributed by atoms with Crippen molar-refractivity contribution in [3.63, 3.8) is 0 Å². The standard InChI is InChI=1S/C13H15FOS/c1-10(3-4-11(2)15)9-16-13-7-5-12(14)6-8-13/h3-8,10H,9H2,1-2H3. The van der Waals surface area contributed by atoms with Gasteiger partial charge in [0.05, 0.1) is 0 Å². The molecule has 1 unspecified atom stereocenters. The van der Waals surface area contributed by atoms with Gasteiger partial charge in [-0.15, -0.1) is 11.8 Å². The summed E-state index contributed by atoms with van der Waals surface area (Å²) in [6, 6.07) is 6.44. The lowest BCUT2D eigenvalue weighted by Gasteiger charge is -2.05. The Hall–Kier alpha value is -1.09. The number of carbonyl (C=O) groups excluding carboxylic acids is 1. The molecule has 1 nitrogen and oxygen atoms in total. The second kappa shape index (κ2) is 6.48. The topological polar surface area (TPSA) is 17.1 Å². The van der Waals surface area contributed by atoms with Crippen LogP contribution in [0.2, 0.25) is 0 Å². The minimum Gasteiger partial charge on any atom is -0.295 e. The number of halogens is 1. The van der Waals surface area contributed by atoms with Crippen molar-refractivity contribution in [3.8, 4) is 0 Å². The Kier molecular flexibility index (Phi) is 5.26. The van der Waals surface area contributed by atoms with Gasteiger partial charge in [0.2, 0.25) is 0 Å². The highest BCUT2D eigenvalue weighted by atomic mass is 32.2. The molecule has 0 spiro atoms. The van der Waals surface area contributed by atoms with E-state index in [-0.39, 0.29) is 11.6 Å². The second-order valence-corrected chi connectivity index (χ2v) is 4.81. The largest absolute Gasteiger partial charge is 0.295 e. The highest BCUT2D eigenvalue weighted by molar-refractivity contribution is 7.99. The number of ketones is 1. The molecule has 1 rings (SSSR count). The molecule has 0 N–H and O–H groups in total. The van der Waals surface area contributed by atoms with Gasteiger partial charge in [-0.3, -0.25) is 4.79 Å². The Morgan fingerprint density at radius 2 is 2.06 bits per heavy atom. The third-order valence-corrected chi connectivity index (χ3v) is 3.28. The van der Waals surface area contributed by atoms with Gasteiger partial charge in [0.1, 0.15) is 5.82 Å². The van der Waals surface area contributed by atoms with Crippen molar-refractivity contribution in [3.05, 3.63) is 42.2 Å². The van der Waals surface area contributed by atoms with Crippen LogP contribution in [0.1, 0.15) is 13.8 Å². The van der Waals surface area contributed by atoms with Crippen LogP contribution in [-0.4, -0.2) is 11.5 Å². The van der Waals surface area contributed by atoms with Crippen LogP contribution in [0.5, 0.6) is 0 Å². The highest BCUT2D eigenvalue weighted by Gasteiger charge is 2.00. The monoisotopic (exact) mass is 238 g/mol. The lowest BCUT2D eigenvalue weighted by molar-refractivity contribution is -0.112. The predicted octanol–water partition coefficient (Wildman–Crippen LogP) is 3.70. The maximum absolute atomic E-state index is 12.6. The fourth-order valence-electron chi connectivity index (χ4n) is 1.11. The molecule has 0 aromatic heterocycles. The molecule has 16 heavy (non-hydrogen) atoms. The number of hydrogen-bond donors (Lipinski definition) is 0. The van der Waals surface area contributed by atoms with Crippen LogP contribution in [0.4, 0.5) is 4.39 Å². The van der Waals surface area contributed by atoms with Gasteiger partial charge >= 0.3 is 0 Å². The summed E-state index contributed by atoms with van der Waals surface area (Å²) in [6.07, 6.45) is 3.49. The van der Waals surface area contributed by atoms with E-state index >= 15 is 0 Å². The quantitative estimate of drug-likeness (QED) is 0.574. The normalized spacial score (nSPS) is 12.9. The zero-order valence-corrected chi connectivity index (χ0v) is 10.3. The number of carbonyl (C=O) groups is 1. The van der Waals surface area contributed by atoms with Crippen molar-refractivity contribution in [1.29, 1.82) is 0 Å². The molecule has 1 atom stereocenters. The Labute approximate surface area is 99.7 Å². The van der Waals surface area contributed by atoms with Crippen LogP contribution in [0, 0.1) is 11.7 Å². The molecule has 0 fully saturated rings. The van der Waals surface area contributed by atoms with Crippen LogP contribution in [-0.2, 0) is 4.79 Å². The van der Waals surface area contributed by atoms with E-state index in [4.69, 9.17) is 0 Å². The van der Waals surface area contributed by atoms with Gasteiger partial charge in [-0.25, -0.2) is 4.39 Å². The van der Waals surface area contributed by atoms with Gasteiger partial charge < -0.3 is 0 Å². The molecule has 0 radical (unpaired) electrons. The molecule has 0 aliphatic heterocycles. The zero-order chi connectivity index (χ0) is 12.0. The Morgan fingerprint density at radius 3 is 2.62 bits per heavy atom. The summed E-state index contributed by atoms with van der Waals surface area (Å²) < 4.78 is 12.6. The Bertz CT molecular complexity index is 370. The summed E-state index contributed by atoms with van der Waals surface area (Å²) in [5.74, 6) is 1.07. The molecule has 0 saturated heterocycles. The third-order valence-electron chi connectivity index (χ3n) is 1.99. The van der Waals surface area contributed by atoms with Crippen LogP contribution >= 0.6 is 11.8 Å². The SMILES string of the molecule is CC(=O)C=CC(C)CSc1ccc(F)cc1. The highest BCUT2D eigenvalue weighted by Crippen LogP contribution is 2.21. The van der Waals surface area contributed by atoms with E-state index in [1.54, 1.807) is 30.0 Å². The average Bonchev–Trinajstić information content (AvgIpc) is 2.25. The van der Waals surface area contributed by atoms with Crippen LogP contribution in [0.3, 0.4) is 0 Å². The van der Waals surface area contributed by atoms with Crippen molar-refractivity contribution < 1.29 is 9.18 Å². The molecule has 86 valence electrons. The van der Waals surface area contributed by atoms with Crippen molar-refractivity contribution in [2.75, 3.05) is 5.75 Å². The van der Waals surface area contributed by atoms with Gasteiger partial charge in [-0.1, -0.05) is 13.0 Å². The third kappa shape index (κ3) is 5.12. The average molecular weight is 238 g/mol. The van der Waals surface area contributed by atoms with E-state index in [2.05, 4.69) is 6.92 Å². The molecular weight excluding hydrogens is 223 g/mol. The fourth-order valence-corrected chi connectivity index (χ4v) is 2.01. The van der Waals surface area contributed by atoms with E-state index in [9.17, 15) is 9.18 Å². The first-order chi connectivity index (χ1) is 7.58. The molecule has 1 aromatic carbocycles. The number of hydrogen-bond acceptors (Lipinski definition) is 2. The molecular formula is C13H15FOS. The first kappa shape index (κ1) is 13.0. The Balaban J connectivity index is 2.39. The maximum atomic E-state index is 12.6. The fraction of sp³-hybridized carbons (Fsp3) is 0.308. The predicted molar refractivity (Wildman–Crippen MR) is 66.1 cm³/mol. The van der Waals surface area contributed by atoms with Gasteiger partial charge in [0, 0.05) is 10.6 Å². The lowest BCUT2D eigenvalue weighted by Crippen LogP contribution is -1.94. The summed E-state index contributed by atoms with van der Waals surface area (Å²) >= 11 is 1.66. The summed E-state index contributed by atoms with van der Waals surface area (Å²) in [6.45, 7) is 3.59. The number of thioether (sulfide) groups is 1. The molecule has 0 aliphatic rings. The van der Waals surface area contributed by atoms with E-state index in [0.717, 1.165) is 10.6 Å². The van der Waals surface area contributed by atoms with Crippen LogP contribution < -0.4 is 0 Å². The van der Waals surface area contributed by atoms with E-state index in [1.165, 1.54) is 19.1 Å². The van der Waals surface area contributed by atoms with E-state index in [0.29, 0.717) is 5.92 Å². The molecule has 0 saturated carbocycles. The smallest absolute Gasteiger partial charge is 0.152 e. The summed E-state index contributed by atoms with van der Waals surface area (Å²) in [7, 11) is 0. The lowest BCUT2D eigenvalue weighted by atomic mass is 10.2. The molecule has 0 aliphatic carbocycles. The van der Waals surface area contributed by atoms with Gasteiger partial charge in [0.15, 0.2) is 5.78 Å². The summed E-state index contributed by atoms with van der Waals surface area (Å²) in [5, 5.41) is 0. The Morgan fingerprint density at radius 1 is 1.44 bits per heavy atom. The van der Waals surface area contributed by atoms with Gasteiger partial charge in [0.25, 0.3) is 0 Å². The first-order valence-corrected chi connectivity index (χ1v) is 6.13. The number of rotatable bonds is 5. The summed E-state index contributed by atoms with van der Waals surface area (Å²) in [4.78, 5) is 11.8.